The van der Waals surface area contributed by atoms with Gasteiger partial charge in [0.1, 0.15) is 23.4 Å². The lowest BCUT2D eigenvalue weighted by Gasteiger charge is -2.35. The first-order valence-corrected chi connectivity index (χ1v) is 13.4. The highest BCUT2D eigenvalue weighted by molar-refractivity contribution is 6.31. The van der Waals surface area contributed by atoms with Crippen molar-refractivity contribution in [2.75, 3.05) is 32.8 Å². The minimum atomic E-state index is -0.500. The number of aliphatic imine (C=N–C) groups is 1. The van der Waals surface area contributed by atoms with Crippen LogP contribution in [0.5, 0.6) is 11.5 Å². The molecule has 0 saturated heterocycles. The third-order valence-electron chi connectivity index (χ3n) is 7.16. The van der Waals surface area contributed by atoms with Gasteiger partial charge in [0.05, 0.1) is 19.5 Å². The Kier molecular flexibility index (Phi) is 7.11. The van der Waals surface area contributed by atoms with Crippen LogP contribution >= 0.6 is 11.6 Å². The number of amides is 1. The number of aromatic nitrogens is 1. The zero-order valence-electron chi connectivity index (χ0n) is 21.3. The molecule has 0 fully saturated rings. The summed E-state index contributed by atoms with van der Waals surface area (Å²) in [5.74, 6) is 0.672. The van der Waals surface area contributed by atoms with Gasteiger partial charge in [0, 0.05) is 41.3 Å². The number of fused-ring (bicyclic) bond motifs is 3. The number of nitrogens with one attached hydrogen (secondary N) is 1. The molecular weight excluding hydrogens is 519 g/mol. The van der Waals surface area contributed by atoms with E-state index in [2.05, 4.69) is 14.9 Å². The topological polar surface area (TPSA) is 70.2 Å². The zero-order chi connectivity index (χ0) is 26.8. The highest BCUT2D eigenvalue weighted by Crippen LogP contribution is 2.40. The Bertz CT molecular complexity index is 1500. The Balaban J connectivity index is 1.25. The van der Waals surface area contributed by atoms with Crippen molar-refractivity contribution in [1.29, 1.82) is 0 Å². The van der Waals surface area contributed by atoms with Gasteiger partial charge < -0.3 is 19.4 Å². The van der Waals surface area contributed by atoms with Gasteiger partial charge in [0.15, 0.2) is 0 Å². The van der Waals surface area contributed by atoms with E-state index in [1.54, 1.807) is 4.90 Å². The van der Waals surface area contributed by atoms with Crippen LogP contribution in [-0.4, -0.2) is 60.0 Å². The summed E-state index contributed by atoms with van der Waals surface area (Å²) in [5.41, 5.74) is 3.95. The molecule has 4 aromatic rings. The van der Waals surface area contributed by atoms with Crippen LogP contribution < -0.4 is 9.47 Å². The first-order valence-electron chi connectivity index (χ1n) is 13.1. The summed E-state index contributed by atoms with van der Waals surface area (Å²) in [5, 5.41) is 1.72. The number of carbonyl (C=O) groups is 1. The molecule has 6 rings (SSSR count). The summed E-state index contributed by atoms with van der Waals surface area (Å²) >= 11 is 6.31. The van der Waals surface area contributed by atoms with E-state index in [4.69, 9.17) is 21.1 Å². The first-order chi connectivity index (χ1) is 19.0. The van der Waals surface area contributed by atoms with Gasteiger partial charge in [-0.25, -0.2) is 9.18 Å². The van der Waals surface area contributed by atoms with Gasteiger partial charge in [-0.05, 0) is 78.6 Å². The second kappa shape index (κ2) is 11.0. The molecule has 9 heteroatoms. The van der Waals surface area contributed by atoms with E-state index in [1.807, 2.05) is 48.8 Å². The van der Waals surface area contributed by atoms with Crippen molar-refractivity contribution in [3.8, 4) is 11.5 Å². The number of rotatable bonds is 7. The first kappa shape index (κ1) is 25.2. The second-order valence-electron chi connectivity index (χ2n) is 9.70. The van der Waals surface area contributed by atoms with Crippen molar-refractivity contribution in [3.05, 3.63) is 94.4 Å². The number of hydrogen-bond acceptors (Lipinski definition) is 5. The van der Waals surface area contributed by atoms with Crippen molar-refractivity contribution in [2.45, 2.75) is 18.9 Å². The van der Waals surface area contributed by atoms with Crippen LogP contribution in [0.25, 0.3) is 10.9 Å². The van der Waals surface area contributed by atoms with Crippen LogP contribution in [0, 0.1) is 5.82 Å². The van der Waals surface area contributed by atoms with E-state index < -0.39 is 12.1 Å². The Morgan fingerprint density at radius 2 is 1.85 bits per heavy atom. The molecule has 3 aromatic carbocycles. The maximum absolute atomic E-state index is 13.4. The largest absolute Gasteiger partial charge is 0.494 e. The molecule has 39 heavy (non-hydrogen) atoms. The molecule has 0 bridgehead atoms. The van der Waals surface area contributed by atoms with Gasteiger partial charge in [0.2, 0.25) is 0 Å². The fourth-order valence-electron chi connectivity index (χ4n) is 5.26. The van der Waals surface area contributed by atoms with Crippen molar-refractivity contribution >= 4 is 34.9 Å². The van der Waals surface area contributed by atoms with Gasteiger partial charge in [-0.2, -0.15) is 0 Å². The Labute approximate surface area is 230 Å². The number of carbonyl (C=O) groups excluding carboxylic acids is 1. The van der Waals surface area contributed by atoms with Gasteiger partial charge in [-0.3, -0.25) is 9.89 Å². The molecule has 1 unspecified atom stereocenters. The highest BCUT2D eigenvalue weighted by atomic mass is 35.5. The van der Waals surface area contributed by atoms with Gasteiger partial charge >= 0.3 is 6.09 Å². The molecule has 3 heterocycles. The Morgan fingerprint density at radius 1 is 1.05 bits per heavy atom. The van der Waals surface area contributed by atoms with Crippen molar-refractivity contribution < 1.29 is 18.7 Å². The lowest BCUT2D eigenvalue weighted by molar-refractivity contribution is 0.135. The van der Waals surface area contributed by atoms with Crippen molar-refractivity contribution in [1.82, 2.24) is 14.8 Å². The second-order valence-corrected chi connectivity index (χ2v) is 10.1. The molecule has 1 amide bonds. The predicted octanol–water partition coefficient (Wildman–Crippen LogP) is 6.22. The van der Waals surface area contributed by atoms with Crippen LogP contribution in [0.3, 0.4) is 0 Å². The summed E-state index contributed by atoms with van der Waals surface area (Å²) < 4.78 is 25.0. The minimum Gasteiger partial charge on any atom is -0.494 e. The SMILES string of the molecule is O=C(Oc1ccc(F)cc1)N1CCc2c([nH]c3ccc(Cl)cc23)C1c1ccc(OCCCN2C=NCC2)cc1. The normalized spacial score (nSPS) is 16.5. The van der Waals surface area contributed by atoms with E-state index in [1.165, 1.54) is 24.3 Å². The van der Waals surface area contributed by atoms with Crippen molar-refractivity contribution in [2.24, 2.45) is 4.99 Å². The molecule has 2 aliphatic heterocycles. The van der Waals surface area contributed by atoms with Gasteiger partial charge in [-0.15, -0.1) is 0 Å². The molecule has 1 atom stereocenters. The number of hydrogen-bond donors (Lipinski definition) is 1. The number of aromatic amines is 1. The van der Waals surface area contributed by atoms with Crippen LogP contribution in [0.4, 0.5) is 9.18 Å². The molecule has 1 aromatic heterocycles. The third kappa shape index (κ3) is 5.43. The monoisotopic (exact) mass is 546 g/mol. The summed E-state index contributed by atoms with van der Waals surface area (Å²) in [4.78, 5) is 25.1. The number of halogens is 2. The molecule has 0 saturated carbocycles. The van der Waals surface area contributed by atoms with E-state index in [9.17, 15) is 9.18 Å². The van der Waals surface area contributed by atoms with Gasteiger partial charge in [0.25, 0.3) is 0 Å². The number of benzene rings is 3. The molecule has 0 radical (unpaired) electrons. The van der Waals surface area contributed by atoms with Crippen molar-refractivity contribution in [3.63, 3.8) is 0 Å². The molecule has 200 valence electrons. The molecular formula is C30H28ClFN4O3. The minimum absolute atomic E-state index is 0.290. The summed E-state index contributed by atoms with van der Waals surface area (Å²) in [6.45, 7) is 3.81. The zero-order valence-corrected chi connectivity index (χ0v) is 22.0. The molecule has 7 nitrogen and oxygen atoms in total. The van der Waals surface area contributed by atoms with E-state index >= 15 is 0 Å². The predicted molar refractivity (Wildman–Crippen MR) is 149 cm³/mol. The maximum atomic E-state index is 13.4. The van der Waals surface area contributed by atoms with Crippen LogP contribution in [0.2, 0.25) is 5.02 Å². The fourth-order valence-corrected chi connectivity index (χ4v) is 5.43. The lowest BCUT2D eigenvalue weighted by atomic mass is 9.92. The molecule has 1 N–H and O–H groups in total. The smallest absolute Gasteiger partial charge is 0.416 e. The number of H-pyrrole nitrogens is 1. The van der Waals surface area contributed by atoms with Crippen LogP contribution in [0.1, 0.15) is 29.3 Å². The summed E-state index contributed by atoms with van der Waals surface area (Å²) in [6, 6.07) is 18.6. The summed E-state index contributed by atoms with van der Waals surface area (Å²) in [7, 11) is 0. The average Bonchev–Trinajstić information content (AvgIpc) is 3.60. The maximum Gasteiger partial charge on any atom is 0.416 e. The molecule has 0 aliphatic carbocycles. The average molecular weight is 547 g/mol. The fraction of sp³-hybridized carbons (Fsp3) is 0.267. The van der Waals surface area contributed by atoms with E-state index in [-0.39, 0.29) is 5.82 Å². The van der Waals surface area contributed by atoms with Crippen LogP contribution in [-0.2, 0) is 6.42 Å². The lowest BCUT2D eigenvalue weighted by Crippen LogP contribution is -2.42. The third-order valence-corrected chi connectivity index (χ3v) is 7.39. The van der Waals surface area contributed by atoms with Gasteiger partial charge in [-0.1, -0.05) is 23.7 Å². The number of nitrogens with zero attached hydrogens (tertiary/aromatic N) is 3. The highest BCUT2D eigenvalue weighted by Gasteiger charge is 2.35. The quantitative estimate of drug-likeness (QED) is 0.279. The Morgan fingerprint density at radius 3 is 2.62 bits per heavy atom. The van der Waals surface area contributed by atoms with E-state index in [0.29, 0.717) is 30.3 Å². The number of ether oxygens (including phenoxy) is 2. The molecule has 2 aliphatic rings. The van der Waals surface area contributed by atoms with Crippen LogP contribution in [0.15, 0.2) is 71.7 Å². The summed E-state index contributed by atoms with van der Waals surface area (Å²) in [6.07, 6.45) is 2.95. The molecule has 0 spiro atoms. The standard InChI is InChI=1S/C30H28ClFN4O3/c31-21-4-11-27-26(18-21)25-12-15-36(30(37)39-24-9-5-22(32)6-10-24)29(28(25)34-27)20-2-7-23(8-3-20)38-17-1-14-35-16-13-33-19-35/h2-11,18-19,29,34H,1,12-17H2. The van der Waals surface area contributed by atoms with E-state index in [0.717, 1.165) is 59.5 Å². The Hall–Kier alpha value is -4.04.